The van der Waals surface area contributed by atoms with Gasteiger partial charge in [0.25, 0.3) is 0 Å². The van der Waals surface area contributed by atoms with Crippen molar-refractivity contribution >= 4 is 40.2 Å². The van der Waals surface area contributed by atoms with Gasteiger partial charge in [0.05, 0.1) is 24.9 Å². The van der Waals surface area contributed by atoms with Gasteiger partial charge in [-0.05, 0) is 36.9 Å². The number of para-hydroxylation sites is 1. The van der Waals surface area contributed by atoms with E-state index in [1.54, 1.807) is 25.1 Å². The van der Waals surface area contributed by atoms with Crippen molar-refractivity contribution in [3.63, 3.8) is 0 Å². The largest absolute Gasteiger partial charge is 0.464 e. The first kappa shape index (κ1) is 19.0. The normalized spacial score (nSPS) is 10.8. The van der Waals surface area contributed by atoms with Crippen LogP contribution in [0.4, 0.5) is 5.69 Å². The second-order valence-corrected chi connectivity index (χ2v) is 7.28. The van der Waals surface area contributed by atoms with E-state index in [0.29, 0.717) is 0 Å². The molecular weight excluding hydrogens is 360 g/mol. The molecule has 2 amide bonds. The van der Waals surface area contributed by atoms with E-state index >= 15 is 0 Å². The van der Waals surface area contributed by atoms with E-state index in [4.69, 9.17) is 4.42 Å². The number of nitrogens with zero attached hydrogens (tertiary/aromatic N) is 1. The number of thioether (sulfide) groups is 1. The molecule has 0 atom stereocenters. The Kier molecular flexibility index (Phi) is 5.86. The van der Waals surface area contributed by atoms with E-state index in [-0.39, 0.29) is 24.8 Å². The highest BCUT2D eigenvalue weighted by Crippen LogP contribution is 2.25. The van der Waals surface area contributed by atoms with Crippen LogP contribution in [-0.2, 0) is 16.0 Å². The first-order valence-corrected chi connectivity index (χ1v) is 9.84. The average Bonchev–Trinajstić information content (AvgIpc) is 3.03. The predicted octanol–water partition coefficient (Wildman–Crippen LogP) is 4.10. The topological polar surface area (TPSA) is 62.6 Å². The number of aryl methyl sites for hydroxylation is 1. The van der Waals surface area contributed by atoms with E-state index in [0.717, 1.165) is 32.7 Å². The maximum absolute atomic E-state index is 12.5. The maximum Gasteiger partial charge on any atom is 0.244 e. The number of likely N-dealkylation sites (N-methyl/N-ethyl adjacent to an activating group) is 1. The maximum atomic E-state index is 12.5. The second-order valence-electron chi connectivity index (χ2n) is 6.44. The zero-order valence-electron chi connectivity index (χ0n) is 15.6. The van der Waals surface area contributed by atoms with Crippen molar-refractivity contribution < 1.29 is 14.0 Å². The Labute approximate surface area is 162 Å². The summed E-state index contributed by atoms with van der Waals surface area (Å²) in [6.45, 7) is 1.99. The van der Waals surface area contributed by atoms with Gasteiger partial charge in [-0.1, -0.05) is 24.3 Å². The van der Waals surface area contributed by atoms with Crippen molar-refractivity contribution in [2.75, 3.05) is 25.2 Å². The molecule has 1 aromatic heterocycles. The molecule has 0 saturated carbocycles. The summed E-state index contributed by atoms with van der Waals surface area (Å²) in [6.07, 6.45) is 3.77. The molecule has 1 N–H and O–H groups in total. The third-order valence-corrected chi connectivity index (χ3v) is 5.14. The molecule has 0 bridgehead atoms. The lowest BCUT2D eigenvalue weighted by atomic mass is 10.1. The van der Waals surface area contributed by atoms with Crippen LogP contribution in [0, 0.1) is 6.92 Å². The van der Waals surface area contributed by atoms with Crippen LogP contribution in [0.2, 0.25) is 0 Å². The van der Waals surface area contributed by atoms with Crippen LogP contribution in [-0.4, -0.2) is 36.6 Å². The smallest absolute Gasteiger partial charge is 0.244 e. The molecule has 140 valence electrons. The van der Waals surface area contributed by atoms with Crippen molar-refractivity contribution in [1.29, 1.82) is 0 Å². The number of benzene rings is 2. The molecule has 1 heterocycles. The van der Waals surface area contributed by atoms with Crippen LogP contribution in [0.15, 0.2) is 58.0 Å². The first-order valence-electron chi connectivity index (χ1n) is 8.61. The zero-order chi connectivity index (χ0) is 19.4. The van der Waals surface area contributed by atoms with Gasteiger partial charge in [0, 0.05) is 22.9 Å². The molecule has 0 radical (unpaired) electrons. The van der Waals surface area contributed by atoms with Gasteiger partial charge in [0.1, 0.15) is 5.58 Å². The lowest BCUT2D eigenvalue weighted by molar-refractivity contribution is -0.132. The van der Waals surface area contributed by atoms with E-state index in [1.807, 2.05) is 55.6 Å². The highest BCUT2D eigenvalue weighted by atomic mass is 32.2. The molecule has 0 spiro atoms. The van der Waals surface area contributed by atoms with Crippen LogP contribution in [0.1, 0.15) is 11.1 Å². The standard InChI is InChI=1S/C21H22N2O3S/c1-14-8-9-16-15(13-26-18(16)10-14)11-21(25)23(2)12-20(24)22-17-6-4-5-7-19(17)27-3/h4-10,13H,11-12H2,1-3H3,(H,22,24). The molecule has 6 heteroatoms. The Morgan fingerprint density at radius 3 is 2.74 bits per heavy atom. The summed E-state index contributed by atoms with van der Waals surface area (Å²) >= 11 is 1.56. The number of carbonyl (C=O) groups is 2. The number of amides is 2. The number of fused-ring (bicyclic) bond motifs is 1. The second kappa shape index (κ2) is 8.31. The number of carbonyl (C=O) groups excluding carboxylic acids is 2. The highest BCUT2D eigenvalue weighted by molar-refractivity contribution is 7.98. The van der Waals surface area contributed by atoms with Gasteiger partial charge < -0.3 is 14.6 Å². The Hall–Kier alpha value is -2.73. The number of furan rings is 1. The molecule has 0 aliphatic carbocycles. The Morgan fingerprint density at radius 2 is 1.96 bits per heavy atom. The number of hydrogen-bond acceptors (Lipinski definition) is 4. The van der Waals surface area contributed by atoms with Crippen molar-refractivity contribution in [3.05, 3.63) is 59.9 Å². The minimum absolute atomic E-state index is 0.00353. The molecule has 27 heavy (non-hydrogen) atoms. The summed E-state index contributed by atoms with van der Waals surface area (Å²) in [5.41, 5.74) is 3.46. The van der Waals surface area contributed by atoms with E-state index in [2.05, 4.69) is 5.32 Å². The molecule has 0 aliphatic rings. The summed E-state index contributed by atoms with van der Waals surface area (Å²) in [5, 5.41) is 3.80. The zero-order valence-corrected chi connectivity index (χ0v) is 16.4. The number of anilines is 1. The number of hydrogen-bond donors (Lipinski definition) is 1. The highest BCUT2D eigenvalue weighted by Gasteiger charge is 2.17. The van der Waals surface area contributed by atoms with Gasteiger partial charge in [-0.25, -0.2) is 0 Å². The van der Waals surface area contributed by atoms with Crippen LogP contribution in [0.5, 0.6) is 0 Å². The molecule has 0 fully saturated rings. The van der Waals surface area contributed by atoms with Crippen molar-refractivity contribution in [1.82, 2.24) is 4.90 Å². The van der Waals surface area contributed by atoms with Crippen molar-refractivity contribution in [2.24, 2.45) is 0 Å². The molecule has 5 nitrogen and oxygen atoms in total. The SMILES string of the molecule is CSc1ccccc1NC(=O)CN(C)C(=O)Cc1coc2cc(C)ccc12. The first-order chi connectivity index (χ1) is 13.0. The van der Waals surface area contributed by atoms with E-state index < -0.39 is 0 Å². The van der Waals surface area contributed by atoms with E-state index in [9.17, 15) is 9.59 Å². The minimum Gasteiger partial charge on any atom is -0.464 e. The van der Waals surface area contributed by atoms with Gasteiger partial charge in [0.2, 0.25) is 11.8 Å². The summed E-state index contributed by atoms with van der Waals surface area (Å²) in [5.74, 6) is -0.355. The van der Waals surface area contributed by atoms with Crippen LogP contribution in [0.3, 0.4) is 0 Å². The quantitative estimate of drug-likeness (QED) is 0.652. The van der Waals surface area contributed by atoms with Crippen LogP contribution < -0.4 is 5.32 Å². The van der Waals surface area contributed by atoms with Gasteiger partial charge in [-0.15, -0.1) is 11.8 Å². The Bertz CT molecular complexity index is 980. The van der Waals surface area contributed by atoms with Gasteiger partial charge in [0.15, 0.2) is 0 Å². The fraction of sp³-hybridized carbons (Fsp3) is 0.238. The third-order valence-electron chi connectivity index (χ3n) is 4.34. The summed E-state index contributed by atoms with van der Waals surface area (Å²) in [4.78, 5) is 27.3. The average molecular weight is 382 g/mol. The van der Waals surface area contributed by atoms with Gasteiger partial charge in [-0.3, -0.25) is 9.59 Å². The summed E-state index contributed by atoms with van der Waals surface area (Å²) < 4.78 is 5.54. The molecule has 0 aliphatic heterocycles. The fourth-order valence-corrected chi connectivity index (χ4v) is 3.42. The van der Waals surface area contributed by atoms with Crippen LogP contribution >= 0.6 is 11.8 Å². The molecule has 2 aromatic carbocycles. The lowest BCUT2D eigenvalue weighted by Crippen LogP contribution is -2.35. The van der Waals surface area contributed by atoms with Crippen molar-refractivity contribution in [2.45, 2.75) is 18.2 Å². The number of nitrogens with one attached hydrogen (secondary N) is 1. The fourth-order valence-electron chi connectivity index (χ4n) is 2.87. The van der Waals surface area contributed by atoms with Crippen LogP contribution in [0.25, 0.3) is 11.0 Å². The Balaban J connectivity index is 1.62. The predicted molar refractivity (Wildman–Crippen MR) is 109 cm³/mol. The number of rotatable bonds is 6. The van der Waals surface area contributed by atoms with Gasteiger partial charge >= 0.3 is 0 Å². The molecule has 0 unspecified atom stereocenters. The Morgan fingerprint density at radius 1 is 1.19 bits per heavy atom. The van der Waals surface area contributed by atoms with E-state index in [1.165, 1.54) is 4.90 Å². The molecule has 3 aromatic rings. The molecule has 0 saturated heterocycles. The molecule has 3 rings (SSSR count). The monoisotopic (exact) mass is 382 g/mol. The minimum atomic E-state index is -0.222. The lowest BCUT2D eigenvalue weighted by Gasteiger charge is -2.17. The van der Waals surface area contributed by atoms with Gasteiger partial charge in [-0.2, -0.15) is 0 Å². The third kappa shape index (κ3) is 4.52. The molecular formula is C21H22N2O3S. The van der Waals surface area contributed by atoms with Crippen molar-refractivity contribution in [3.8, 4) is 0 Å². The summed E-state index contributed by atoms with van der Waals surface area (Å²) in [7, 11) is 1.63. The summed E-state index contributed by atoms with van der Waals surface area (Å²) in [6, 6.07) is 13.5.